The molecule has 2 heteroatoms. The van der Waals surface area contributed by atoms with Crippen LogP contribution in [0.15, 0.2) is 0 Å². The van der Waals surface area contributed by atoms with Crippen molar-refractivity contribution in [2.75, 3.05) is 13.7 Å². The van der Waals surface area contributed by atoms with Crippen molar-refractivity contribution in [2.45, 2.75) is 44.9 Å². The molecule has 2 nitrogen and oxygen atoms in total. The van der Waals surface area contributed by atoms with Crippen molar-refractivity contribution in [3.63, 3.8) is 0 Å². The van der Waals surface area contributed by atoms with Crippen molar-refractivity contribution in [3.8, 4) is 0 Å². The first-order chi connectivity index (χ1) is 6.33. The van der Waals surface area contributed by atoms with Crippen LogP contribution >= 0.6 is 0 Å². The summed E-state index contributed by atoms with van der Waals surface area (Å²) in [6.45, 7) is 0.298. The third-order valence-electron chi connectivity index (χ3n) is 2.86. The van der Waals surface area contributed by atoms with Crippen LogP contribution < -0.4 is 0 Å². The number of ether oxygens (including phenoxy) is 1. The van der Waals surface area contributed by atoms with Crippen LogP contribution in [-0.2, 0) is 9.53 Å². The van der Waals surface area contributed by atoms with E-state index in [1.54, 1.807) is 7.11 Å². The minimum Gasteiger partial charge on any atom is -0.377 e. The van der Waals surface area contributed by atoms with Gasteiger partial charge in [0.25, 0.3) is 0 Å². The summed E-state index contributed by atoms with van der Waals surface area (Å²) in [6, 6.07) is 0. The molecular weight excluding hydrogens is 164 g/mol. The third kappa shape index (κ3) is 4.41. The monoisotopic (exact) mass is 184 g/mol. The number of carbonyl (C=O) groups excluding carboxylic acids is 1. The van der Waals surface area contributed by atoms with E-state index in [-0.39, 0.29) is 5.78 Å². The molecule has 1 saturated carbocycles. The average Bonchev–Trinajstić information content (AvgIpc) is 2.17. The lowest BCUT2D eigenvalue weighted by molar-refractivity contribution is -0.123. The average molecular weight is 184 g/mol. The molecule has 0 saturated heterocycles. The fourth-order valence-electron chi connectivity index (χ4n) is 2.07. The summed E-state index contributed by atoms with van der Waals surface area (Å²) >= 11 is 0. The van der Waals surface area contributed by atoms with Gasteiger partial charge in [-0.15, -0.1) is 0 Å². The highest BCUT2D eigenvalue weighted by Crippen LogP contribution is 2.27. The number of Topliss-reactive ketones (excluding diaryl/α,β-unsaturated/α-hetero) is 1. The van der Waals surface area contributed by atoms with E-state index in [9.17, 15) is 4.79 Å². The fourth-order valence-corrected chi connectivity index (χ4v) is 2.07. The van der Waals surface area contributed by atoms with Gasteiger partial charge in [-0.25, -0.2) is 0 Å². The van der Waals surface area contributed by atoms with E-state index in [2.05, 4.69) is 0 Å². The van der Waals surface area contributed by atoms with Gasteiger partial charge >= 0.3 is 0 Å². The number of hydrogen-bond acceptors (Lipinski definition) is 2. The minimum absolute atomic E-state index is 0.257. The zero-order chi connectivity index (χ0) is 9.52. The molecule has 0 aromatic rings. The molecule has 0 radical (unpaired) electrons. The van der Waals surface area contributed by atoms with E-state index in [1.807, 2.05) is 0 Å². The Hall–Kier alpha value is -0.370. The molecule has 1 rings (SSSR count). The maximum atomic E-state index is 11.2. The van der Waals surface area contributed by atoms with Gasteiger partial charge in [-0.3, -0.25) is 4.79 Å². The van der Waals surface area contributed by atoms with E-state index < -0.39 is 0 Å². The van der Waals surface area contributed by atoms with E-state index >= 15 is 0 Å². The maximum Gasteiger partial charge on any atom is 0.158 e. The molecule has 0 unspecified atom stereocenters. The van der Waals surface area contributed by atoms with Crippen molar-refractivity contribution in [3.05, 3.63) is 0 Å². The van der Waals surface area contributed by atoms with Crippen molar-refractivity contribution < 1.29 is 9.53 Å². The Balaban J connectivity index is 2.06. The number of rotatable bonds is 5. The summed E-state index contributed by atoms with van der Waals surface area (Å²) in [5.74, 6) is 1.07. The second-order valence-electron chi connectivity index (χ2n) is 4.01. The van der Waals surface area contributed by atoms with Crippen LogP contribution in [0, 0.1) is 5.92 Å². The quantitative estimate of drug-likeness (QED) is 0.656. The van der Waals surface area contributed by atoms with Gasteiger partial charge in [0.1, 0.15) is 6.61 Å². The predicted octanol–water partition coefficient (Wildman–Crippen LogP) is 2.56. The van der Waals surface area contributed by atoms with Crippen LogP contribution in [0.4, 0.5) is 0 Å². The van der Waals surface area contributed by atoms with Gasteiger partial charge in [0, 0.05) is 13.5 Å². The molecule has 0 spiro atoms. The van der Waals surface area contributed by atoms with E-state index in [4.69, 9.17) is 4.74 Å². The van der Waals surface area contributed by atoms with Crippen LogP contribution in [0.1, 0.15) is 44.9 Å². The lowest BCUT2D eigenvalue weighted by Crippen LogP contribution is -2.11. The van der Waals surface area contributed by atoms with Crippen LogP contribution in [0.2, 0.25) is 0 Å². The summed E-state index contributed by atoms with van der Waals surface area (Å²) in [5.41, 5.74) is 0. The molecule has 0 aliphatic heterocycles. The van der Waals surface area contributed by atoms with Crippen molar-refractivity contribution in [1.29, 1.82) is 0 Å². The van der Waals surface area contributed by atoms with E-state index in [1.165, 1.54) is 32.1 Å². The Labute approximate surface area is 80.7 Å². The second-order valence-corrected chi connectivity index (χ2v) is 4.01. The first kappa shape index (κ1) is 10.7. The molecule has 0 atom stereocenters. The molecule has 1 aliphatic carbocycles. The smallest absolute Gasteiger partial charge is 0.158 e. The molecule has 0 amide bonds. The molecule has 0 bridgehead atoms. The first-order valence-corrected chi connectivity index (χ1v) is 5.33. The summed E-state index contributed by atoms with van der Waals surface area (Å²) < 4.78 is 4.79. The number of methoxy groups -OCH3 is 1. The third-order valence-corrected chi connectivity index (χ3v) is 2.86. The Bertz CT molecular complexity index is 148. The van der Waals surface area contributed by atoms with Gasteiger partial charge in [-0.2, -0.15) is 0 Å². The topological polar surface area (TPSA) is 26.3 Å². The Morgan fingerprint density at radius 2 is 2.00 bits per heavy atom. The maximum absolute atomic E-state index is 11.2. The molecule has 13 heavy (non-hydrogen) atoms. The van der Waals surface area contributed by atoms with Crippen LogP contribution in [0.5, 0.6) is 0 Å². The van der Waals surface area contributed by atoms with Crippen LogP contribution in [-0.4, -0.2) is 19.5 Å². The Morgan fingerprint density at radius 3 is 2.62 bits per heavy atom. The summed E-state index contributed by atoms with van der Waals surface area (Å²) in [5, 5.41) is 0. The van der Waals surface area contributed by atoms with Crippen LogP contribution in [0.25, 0.3) is 0 Å². The lowest BCUT2D eigenvalue weighted by Gasteiger charge is -2.20. The summed E-state index contributed by atoms with van der Waals surface area (Å²) in [6.07, 6.45) is 8.59. The molecular formula is C11H20O2. The van der Waals surface area contributed by atoms with Gasteiger partial charge in [0.15, 0.2) is 5.78 Å². The SMILES string of the molecule is COCC(=O)CCC1CCCCC1. The second kappa shape index (κ2) is 6.14. The van der Waals surface area contributed by atoms with Gasteiger partial charge < -0.3 is 4.74 Å². The summed E-state index contributed by atoms with van der Waals surface area (Å²) in [7, 11) is 1.58. The molecule has 1 fully saturated rings. The van der Waals surface area contributed by atoms with E-state index in [0.717, 1.165) is 18.8 Å². The highest BCUT2D eigenvalue weighted by Gasteiger charge is 2.14. The van der Waals surface area contributed by atoms with Crippen LogP contribution in [0.3, 0.4) is 0 Å². The van der Waals surface area contributed by atoms with Gasteiger partial charge in [-0.1, -0.05) is 32.1 Å². The van der Waals surface area contributed by atoms with Crippen molar-refractivity contribution in [1.82, 2.24) is 0 Å². The summed E-state index contributed by atoms with van der Waals surface area (Å²) in [4.78, 5) is 11.2. The Morgan fingerprint density at radius 1 is 1.31 bits per heavy atom. The minimum atomic E-state index is 0.257. The molecule has 0 heterocycles. The zero-order valence-corrected chi connectivity index (χ0v) is 8.55. The first-order valence-electron chi connectivity index (χ1n) is 5.33. The number of hydrogen-bond donors (Lipinski definition) is 0. The van der Waals surface area contributed by atoms with E-state index in [0.29, 0.717) is 6.61 Å². The van der Waals surface area contributed by atoms with Gasteiger partial charge in [0.2, 0.25) is 0 Å². The van der Waals surface area contributed by atoms with Crippen molar-refractivity contribution >= 4 is 5.78 Å². The Kier molecular flexibility index (Phi) is 5.06. The van der Waals surface area contributed by atoms with Crippen molar-refractivity contribution in [2.24, 2.45) is 5.92 Å². The fraction of sp³-hybridized carbons (Fsp3) is 0.909. The highest BCUT2D eigenvalue weighted by molar-refractivity contribution is 5.79. The zero-order valence-electron chi connectivity index (χ0n) is 8.55. The normalized spacial score (nSPS) is 18.8. The standard InChI is InChI=1S/C11H20O2/c1-13-9-11(12)8-7-10-5-3-2-4-6-10/h10H,2-9H2,1H3. The largest absolute Gasteiger partial charge is 0.377 e. The lowest BCUT2D eigenvalue weighted by atomic mass is 9.86. The number of ketones is 1. The highest BCUT2D eigenvalue weighted by atomic mass is 16.5. The predicted molar refractivity (Wildman–Crippen MR) is 52.7 cm³/mol. The molecule has 0 N–H and O–H groups in total. The molecule has 76 valence electrons. The number of carbonyl (C=O) groups is 1. The molecule has 0 aromatic carbocycles. The van der Waals surface area contributed by atoms with Gasteiger partial charge in [-0.05, 0) is 12.3 Å². The van der Waals surface area contributed by atoms with Gasteiger partial charge in [0.05, 0.1) is 0 Å². The molecule has 0 aromatic heterocycles. The molecule has 1 aliphatic rings.